The zero-order valence-electron chi connectivity index (χ0n) is 6.39. The molecule has 1 aromatic rings. The number of carbonyl (C=O) groups excluding carboxylic acids is 1. The fraction of sp³-hybridized carbons (Fsp3) is 0.375. The Bertz CT molecular complexity index is 321. The molecule has 0 unspecified atom stereocenters. The van der Waals surface area contributed by atoms with Gasteiger partial charge in [0.1, 0.15) is 0 Å². The molecule has 0 saturated heterocycles. The highest BCUT2D eigenvalue weighted by Crippen LogP contribution is 2.28. The predicted octanol–water partition coefficient (Wildman–Crippen LogP) is 2.19. The minimum absolute atomic E-state index is 0.0817. The van der Waals surface area contributed by atoms with Gasteiger partial charge in [0.25, 0.3) is 5.91 Å². The van der Waals surface area contributed by atoms with E-state index in [1.807, 2.05) is 6.07 Å². The van der Waals surface area contributed by atoms with Crippen LogP contribution >= 0.6 is 27.3 Å². The molecule has 1 N–H and O–H groups in total. The molecule has 0 spiro atoms. The molecule has 12 heavy (non-hydrogen) atoms. The molecule has 1 amide bonds. The number of nitrogens with one attached hydrogen (secondary N) is 1. The van der Waals surface area contributed by atoms with Crippen LogP contribution in [0.5, 0.6) is 0 Å². The molecule has 0 bridgehead atoms. The number of aryl methyl sites for hydroxylation is 1. The molecule has 0 atom stereocenters. The van der Waals surface area contributed by atoms with Crippen molar-refractivity contribution in [1.29, 1.82) is 0 Å². The van der Waals surface area contributed by atoms with Crippen molar-refractivity contribution in [2.45, 2.75) is 12.8 Å². The van der Waals surface area contributed by atoms with Crippen LogP contribution in [-0.4, -0.2) is 12.5 Å². The Balaban J connectivity index is 2.44. The number of fused-ring (bicyclic) bond motifs is 1. The lowest BCUT2D eigenvalue weighted by Crippen LogP contribution is -2.21. The lowest BCUT2D eigenvalue weighted by Gasteiger charge is -1.95. The molecule has 2 rings (SSSR count). The number of carbonyl (C=O) groups is 1. The first-order valence-electron chi connectivity index (χ1n) is 3.84. The lowest BCUT2D eigenvalue weighted by atomic mass is 10.1. The first-order chi connectivity index (χ1) is 5.77. The fourth-order valence-corrected chi connectivity index (χ4v) is 2.95. The van der Waals surface area contributed by atoms with Crippen LogP contribution in [0.1, 0.15) is 21.7 Å². The van der Waals surface area contributed by atoms with Crippen LogP contribution in [0.3, 0.4) is 0 Å². The second kappa shape index (κ2) is 3.18. The summed E-state index contributed by atoms with van der Waals surface area (Å²) in [6.07, 6.45) is 2.05. The van der Waals surface area contributed by atoms with Crippen LogP contribution in [0, 0.1) is 0 Å². The van der Waals surface area contributed by atoms with Gasteiger partial charge >= 0.3 is 0 Å². The van der Waals surface area contributed by atoms with Crippen LogP contribution in [0.15, 0.2) is 9.85 Å². The summed E-state index contributed by atoms with van der Waals surface area (Å²) in [5.41, 5.74) is 1.18. The third-order valence-electron chi connectivity index (χ3n) is 1.89. The standard InChI is InChI=1S/C8H8BrNOS/c9-6-4-5-2-1-3-10-8(11)7(5)12-6/h4H,1-3H2,(H,10,11). The zero-order chi connectivity index (χ0) is 8.55. The van der Waals surface area contributed by atoms with E-state index in [0.29, 0.717) is 0 Å². The van der Waals surface area contributed by atoms with E-state index in [9.17, 15) is 4.79 Å². The van der Waals surface area contributed by atoms with E-state index in [0.717, 1.165) is 28.0 Å². The van der Waals surface area contributed by atoms with Gasteiger partial charge in [0, 0.05) is 6.54 Å². The lowest BCUT2D eigenvalue weighted by molar-refractivity contribution is 0.0960. The molecule has 4 heteroatoms. The third kappa shape index (κ3) is 1.41. The molecule has 0 aromatic carbocycles. The van der Waals surface area contributed by atoms with Gasteiger partial charge in [-0.15, -0.1) is 11.3 Å². The topological polar surface area (TPSA) is 29.1 Å². The van der Waals surface area contributed by atoms with Crippen molar-refractivity contribution >= 4 is 33.2 Å². The normalized spacial score (nSPS) is 16.6. The van der Waals surface area contributed by atoms with E-state index in [1.165, 1.54) is 16.9 Å². The maximum Gasteiger partial charge on any atom is 0.261 e. The summed E-state index contributed by atoms with van der Waals surface area (Å²) in [5.74, 6) is 0.0817. The van der Waals surface area contributed by atoms with Gasteiger partial charge in [0.15, 0.2) is 0 Å². The van der Waals surface area contributed by atoms with Crippen LogP contribution in [0.2, 0.25) is 0 Å². The summed E-state index contributed by atoms with van der Waals surface area (Å²) >= 11 is 4.90. The largest absolute Gasteiger partial charge is 0.351 e. The molecule has 1 aliphatic heterocycles. The number of rotatable bonds is 0. The molecule has 64 valence electrons. The second-order valence-electron chi connectivity index (χ2n) is 2.76. The van der Waals surface area contributed by atoms with Gasteiger partial charge < -0.3 is 5.32 Å². The molecule has 2 nitrogen and oxygen atoms in total. The van der Waals surface area contributed by atoms with Crippen molar-refractivity contribution in [2.24, 2.45) is 0 Å². The Hall–Kier alpha value is -0.350. The van der Waals surface area contributed by atoms with Crippen LogP contribution in [-0.2, 0) is 6.42 Å². The van der Waals surface area contributed by atoms with E-state index < -0.39 is 0 Å². The van der Waals surface area contributed by atoms with Crippen molar-refractivity contribution in [2.75, 3.05) is 6.54 Å². The summed E-state index contributed by atoms with van der Waals surface area (Å²) in [7, 11) is 0. The Kier molecular flexibility index (Phi) is 2.19. The van der Waals surface area contributed by atoms with Crippen molar-refractivity contribution in [3.8, 4) is 0 Å². The summed E-state index contributed by atoms with van der Waals surface area (Å²) in [6.45, 7) is 0.803. The van der Waals surface area contributed by atoms with Gasteiger partial charge in [-0.3, -0.25) is 4.79 Å². The Morgan fingerprint density at radius 2 is 2.42 bits per heavy atom. The monoisotopic (exact) mass is 245 g/mol. The van der Waals surface area contributed by atoms with Crippen LogP contribution < -0.4 is 5.32 Å². The van der Waals surface area contributed by atoms with Gasteiger partial charge in [-0.2, -0.15) is 0 Å². The summed E-state index contributed by atoms with van der Waals surface area (Å²) < 4.78 is 1.05. The van der Waals surface area contributed by atoms with E-state index in [4.69, 9.17) is 0 Å². The molecule has 0 saturated carbocycles. The molecule has 0 aliphatic carbocycles. The average molecular weight is 246 g/mol. The number of hydrogen-bond acceptors (Lipinski definition) is 2. The number of thiophene rings is 1. The van der Waals surface area contributed by atoms with Crippen molar-refractivity contribution in [3.05, 3.63) is 20.3 Å². The van der Waals surface area contributed by atoms with Crippen LogP contribution in [0.25, 0.3) is 0 Å². The molecule has 0 fully saturated rings. The summed E-state index contributed by atoms with van der Waals surface area (Å²) in [6, 6.07) is 2.05. The minimum atomic E-state index is 0.0817. The van der Waals surface area contributed by atoms with Gasteiger partial charge in [-0.1, -0.05) is 0 Å². The average Bonchev–Trinajstić information content (AvgIpc) is 2.33. The predicted molar refractivity (Wildman–Crippen MR) is 52.7 cm³/mol. The molecular formula is C8H8BrNOS. The second-order valence-corrected chi connectivity index (χ2v) is 5.20. The summed E-state index contributed by atoms with van der Waals surface area (Å²) in [4.78, 5) is 12.3. The van der Waals surface area contributed by atoms with E-state index in [-0.39, 0.29) is 5.91 Å². The minimum Gasteiger partial charge on any atom is -0.351 e. The van der Waals surface area contributed by atoms with Gasteiger partial charge in [0.05, 0.1) is 8.66 Å². The SMILES string of the molecule is O=C1NCCCc2cc(Br)sc21. The highest BCUT2D eigenvalue weighted by molar-refractivity contribution is 9.11. The van der Waals surface area contributed by atoms with Crippen LogP contribution in [0.4, 0.5) is 0 Å². The van der Waals surface area contributed by atoms with Crippen molar-refractivity contribution in [1.82, 2.24) is 5.32 Å². The van der Waals surface area contributed by atoms with Crippen molar-refractivity contribution < 1.29 is 4.79 Å². The Labute approximate surface area is 83.1 Å². The zero-order valence-corrected chi connectivity index (χ0v) is 8.80. The molecule has 1 aliphatic rings. The van der Waals surface area contributed by atoms with E-state index in [1.54, 1.807) is 0 Å². The number of halogens is 1. The number of amides is 1. The van der Waals surface area contributed by atoms with Gasteiger partial charge in [0.2, 0.25) is 0 Å². The van der Waals surface area contributed by atoms with E-state index in [2.05, 4.69) is 21.2 Å². The molecule has 0 radical (unpaired) electrons. The molecular weight excluding hydrogens is 238 g/mol. The van der Waals surface area contributed by atoms with Gasteiger partial charge in [-0.25, -0.2) is 0 Å². The molecule has 2 heterocycles. The fourth-order valence-electron chi connectivity index (χ4n) is 1.33. The Morgan fingerprint density at radius 1 is 1.58 bits per heavy atom. The first kappa shape index (κ1) is 8.26. The highest BCUT2D eigenvalue weighted by atomic mass is 79.9. The smallest absolute Gasteiger partial charge is 0.261 e. The maximum atomic E-state index is 11.4. The highest BCUT2D eigenvalue weighted by Gasteiger charge is 2.17. The van der Waals surface area contributed by atoms with E-state index >= 15 is 0 Å². The van der Waals surface area contributed by atoms with Crippen molar-refractivity contribution in [3.63, 3.8) is 0 Å². The Morgan fingerprint density at radius 3 is 3.25 bits per heavy atom. The first-order valence-corrected chi connectivity index (χ1v) is 5.45. The number of hydrogen-bond donors (Lipinski definition) is 1. The quantitative estimate of drug-likeness (QED) is 0.746. The van der Waals surface area contributed by atoms with Gasteiger partial charge in [-0.05, 0) is 40.4 Å². The summed E-state index contributed by atoms with van der Waals surface area (Å²) in [5, 5.41) is 2.86. The molecule has 1 aromatic heterocycles. The maximum absolute atomic E-state index is 11.4. The third-order valence-corrected chi connectivity index (χ3v) is 3.57.